The van der Waals surface area contributed by atoms with Crippen LogP contribution in [0, 0.1) is 10.8 Å². The van der Waals surface area contributed by atoms with Crippen LogP contribution in [-0.4, -0.2) is 163 Å². The molecule has 12 rings (SSSR count). The van der Waals surface area contributed by atoms with E-state index in [2.05, 4.69) is 81.7 Å². The summed E-state index contributed by atoms with van der Waals surface area (Å²) in [5.41, 5.74) is 10.9. The number of carbonyl (C=O) groups excluding carboxylic acids is 3. The van der Waals surface area contributed by atoms with Crippen LogP contribution in [0.3, 0.4) is 0 Å². The molecular weight excluding hydrogens is 973 g/mol. The summed E-state index contributed by atoms with van der Waals surface area (Å²) in [5.74, 6) is -0.676. The normalized spacial score (nSPS) is 28.3. The van der Waals surface area contributed by atoms with Gasteiger partial charge < -0.3 is 43.2 Å². The molecule has 1 saturated carbocycles. The fourth-order valence-corrected chi connectivity index (χ4v) is 13.9. The van der Waals surface area contributed by atoms with Gasteiger partial charge in [0.2, 0.25) is 5.91 Å². The van der Waals surface area contributed by atoms with Gasteiger partial charge >= 0.3 is 5.97 Å². The molecule has 17 nitrogen and oxygen atoms in total. The van der Waals surface area contributed by atoms with E-state index in [4.69, 9.17) is 38.4 Å². The summed E-state index contributed by atoms with van der Waals surface area (Å²) >= 11 is 1.51. The zero-order valence-electron chi connectivity index (χ0n) is 44.5. The van der Waals surface area contributed by atoms with Gasteiger partial charge in [0.25, 0.3) is 5.91 Å². The number of piperidine rings is 1. The molecule has 18 heteroatoms. The molecule has 2 amide bonds. The Balaban J connectivity index is 0.999. The predicted molar refractivity (Wildman–Crippen MR) is 283 cm³/mol. The molecule has 7 aliphatic heterocycles. The number of amides is 2. The lowest BCUT2D eigenvalue weighted by molar-refractivity contribution is -0.203. The third kappa shape index (κ3) is 10.4. The van der Waals surface area contributed by atoms with Crippen LogP contribution in [0.25, 0.3) is 33.4 Å². The van der Waals surface area contributed by atoms with Gasteiger partial charge in [0.15, 0.2) is 0 Å². The molecule has 404 valence electrons. The Hall–Kier alpha value is -4.37. The van der Waals surface area contributed by atoms with Crippen molar-refractivity contribution in [3.8, 4) is 22.5 Å². The molecule has 1 aliphatic carbocycles. The van der Waals surface area contributed by atoms with Crippen LogP contribution in [0.5, 0.6) is 0 Å². The first-order chi connectivity index (χ1) is 36.3. The van der Waals surface area contributed by atoms with E-state index in [1.165, 1.54) is 34.8 Å². The van der Waals surface area contributed by atoms with E-state index in [0.717, 1.165) is 94.5 Å². The second-order valence-electron chi connectivity index (χ2n) is 23.8. The van der Waals surface area contributed by atoms with E-state index in [1.54, 1.807) is 7.11 Å². The van der Waals surface area contributed by atoms with Crippen LogP contribution in [0.1, 0.15) is 125 Å². The molecule has 6 atom stereocenters. The molecule has 6 saturated heterocycles. The van der Waals surface area contributed by atoms with Gasteiger partial charge in [-0.1, -0.05) is 19.9 Å². The summed E-state index contributed by atoms with van der Waals surface area (Å²) < 4.78 is 38.9. The number of aromatic nitrogens is 3. The maximum absolute atomic E-state index is 15.1. The second kappa shape index (κ2) is 21.1. The number of benzene rings is 1. The quantitative estimate of drug-likeness (QED) is 0.143. The van der Waals surface area contributed by atoms with Crippen LogP contribution in [0.15, 0.2) is 35.8 Å². The number of hydrazine groups is 1. The van der Waals surface area contributed by atoms with Crippen molar-refractivity contribution in [3.63, 3.8) is 0 Å². The van der Waals surface area contributed by atoms with E-state index in [1.807, 2.05) is 6.92 Å². The van der Waals surface area contributed by atoms with Gasteiger partial charge in [-0.25, -0.2) is 10.4 Å². The van der Waals surface area contributed by atoms with Crippen molar-refractivity contribution in [2.45, 2.75) is 153 Å². The van der Waals surface area contributed by atoms with Crippen molar-refractivity contribution < 1.29 is 42.8 Å². The number of rotatable bonds is 12. The fraction of sp³-hybridized carbons (Fsp3) is 0.667. The molecule has 3 aromatic heterocycles. The van der Waals surface area contributed by atoms with Crippen LogP contribution >= 0.6 is 11.3 Å². The number of nitrogens with zero attached hydrogens (tertiary/aromatic N) is 6. The first kappa shape index (κ1) is 51.4. The summed E-state index contributed by atoms with van der Waals surface area (Å²) in [4.78, 5) is 59.2. The predicted octanol–water partition coefficient (Wildman–Crippen LogP) is 6.73. The molecule has 10 heterocycles. The fourth-order valence-electron chi connectivity index (χ4n) is 12.9. The number of cyclic esters (lactones) is 1. The smallest absolute Gasteiger partial charge is 0.324 e. The highest BCUT2D eigenvalue weighted by Crippen LogP contribution is 2.47. The Kier molecular flexibility index (Phi) is 14.5. The number of fused-ring (bicyclic) bond motifs is 6. The highest BCUT2D eigenvalue weighted by Gasteiger charge is 2.55. The Morgan fingerprint density at radius 3 is 2.49 bits per heavy atom. The minimum Gasteiger partial charge on any atom is -0.464 e. The van der Waals surface area contributed by atoms with Crippen molar-refractivity contribution in [1.82, 2.24) is 40.1 Å². The molecule has 7 fully saturated rings. The highest BCUT2D eigenvalue weighted by atomic mass is 32.1. The molecule has 0 radical (unpaired) electrons. The molecule has 6 bridgehead atoms. The van der Waals surface area contributed by atoms with E-state index in [9.17, 15) is 9.59 Å². The van der Waals surface area contributed by atoms with Crippen molar-refractivity contribution >= 4 is 40.0 Å². The van der Waals surface area contributed by atoms with Gasteiger partial charge in [-0.2, -0.15) is 0 Å². The number of hydrogen-bond acceptors (Lipinski definition) is 15. The molecule has 2 N–H and O–H groups in total. The van der Waals surface area contributed by atoms with Crippen molar-refractivity contribution in [1.29, 1.82) is 0 Å². The molecule has 75 heavy (non-hydrogen) atoms. The van der Waals surface area contributed by atoms with E-state index in [0.29, 0.717) is 90.8 Å². The van der Waals surface area contributed by atoms with Gasteiger partial charge in [0.1, 0.15) is 23.2 Å². The van der Waals surface area contributed by atoms with E-state index < -0.39 is 35.6 Å². The third-order valence-corrected chi connectivity index (χ3v) is 18.4. The number of hydrogen-bond donors (Lipinski definition) is 2. The minimum absolute atomic E-state index is 0.00793. The van der Waals surface area contributed by atoms with Gasteiger partial charge in [-0.05, 0) is 120 Å². The Morgan fingerprint density at radius 1 is 0.987 bits per heavy atom. The maximum atomic E-state index is 15.1. The number of esters is 1. The molecule has 1 aromatic carbocycles. The van der Waals surface area contributed by atoms with Crippen LogP contribution in [0.2, 0.25) is 0 Å². The first-order valence-electron chi connectivity index (χ1n) is 27.9. The Bertz CT molecular complexity index is 2740. The molecule has 0 unspecified atom stereocenters. The number of likely N-dealkylation sites (tertiary alicyclic amines) is 2. The first-order valence-corrected chi connectivity index (χ1v) is 28.8. The van der Waals surface area contributed by atoms with Crippen LogP contribution < -0.4 is 10.7 Å². The lowest BCUT2D eigenvalue weighted by Crippen LogP contribution is -2.70. The van der Waals surface area contributed by atoms with E-state index >= 15 is 4.79 Å². The third-order valence-electron chi connectivity index (χ3n) is 17.5. The summed E-state index contributed by atoms with van der Waals surface area (Å²) in [6.07, 6.45) is 10.0. The molecule has 4 aromatic rings. The van der Waals surface area contributed by atoms with Crippen LogP contribution in [-0.2, 0) is 55.8 Å². The Morgan fingerprint density at radius 2 is 1.77 bits per heavy atom. The lowest BCUT2D eigenvalue weighted by Gasteiger charge is -2.58. The Labute approximate surface area is 444 Å². The zero-order valence-corrected chi connectivity index (χ0v) is 45.3. The van der Waals surface area contributed by atoms with Crippen molar-refractivity contribution in [2.75, 3.05) is 79.5 Å². The van der Waals surface area contributed by atoms with Gasteiger partial charge in [-0.3, -0.25) is 29.3 Å². The topological polar surface area (TPSA) is 171 Å². The molecule has 8 aliphatic rings. The molecule has 1 spiro atoms. The number of methoxy groups -OCH3 is 1. The number of pyridine rings is 1. The van der Waals surface area contributed by atoms with Crippen LogP contribution in [0.4, 0.5) is 0 Å². The van der Waals surface area contributed by atoms with Gasteiger partial charge in [0, 0.05) is 103 Å². The SMILES string of the molecule is CO[C@@H](C)c1ncc(C2CCN(C3CC3)CC2)cc1-c1c2c3cc(ccc3n1CCOC1CCOCC1)-c1csc(n1)[C@@H](N1CC3(COC3)C1)[C@H](NC(=O)[C@H]1C[C@@H](C)O1)C(=O)N1CCC[C@H](N1)C(=O)OCC(C)(C)C2. The van der Waals surface area contributed by atoms with E-state index in [-0.39, 0.29) is 42.1 Å². The number of carbonyl (C=O) groups is 3. The highest BCUT2D eigenvalue weighted by molar-refractivity contribution is 7.10. The summed E-state index contributed by atoms with van der Waals surface area (Å²) in [7, 11) is 1.75. The van der Waals surface area contributed by atoms with Gasteiger partial charge in [0.05, 0.1) is 67.9 Å². The monoisotopic (exact) mass is 1050 g/mol. The number of nitrogens with one attached hydrogen (secondary N) is 2. The maximum Gasteiger partial charge on any atom is 0.324 e. The zero-order chi connectivity index (χ0) is 51.6. The number of thiazole rings is 1. The van der Waals surface area contributed by atoms with Crippen molar-refractivity contribution in [2.24, 2.45) is 10.8 Å². The second-order valence-corrected chi connectivity index (χ2v) is 24.7. The molecular formula is C57H76N8O9S. The summed E-state index contributed by atoms with van der Waals surface area (Å²) in [6, 6.07) is 7.44. The minimum atomic E-state index is -1.03. The lowest BCUT2D eigenvalue weighted by atomic mass is 9.76. The van der Waals surface area contributed by atoms with Crippen molar-refractivity contribution in [3.05, 3.63) is 57.7 Å². The standard InChI is InChI=1S/C57H76N8O9S/c1-34-23-47(74-34)52(66)60-49-51(63-29-57(30-63)32-71-33-57)53-59-45(28-75-53)37-8-11-46-41(24-37)43(26-56(3,4)31-73-55(68)44-7-6-16-65(61-44)54(49)67)50(64(46)19-22-72-40-14-20-70-21-15-40)42-25-38(27-58-48(42)35(2)69-5)36-12-17-62(18-13-36)39-9-10-39/h8,11,24-25,27-28,34-36,39-40,44,47,49,51,61H,6-7,9-10,12-23,26,29-33H2,1-5H3,(H,60,66)/t34-,35+,44+,47-,49+,51+/m1/s1. The average molecular weight is 1050 g/mol. The average Bonchev–Trinajstić information content (AvgIpc) is 4.06. The summed E-state index contributed by atoms with van der Waals surface area (Å²) in [5, 5.41) is 8.60. The largest absolute Gasteiger partial charge is 0.464 e. The van der Waals surface area contributed by atoms with Gasteiger partial charge in [-0.15, -0.1) is 11.3 Å². The number of ether oxygens (including phenoxy) is 6. The summed E-state index contributed by atoms with van der Waals surface area (Å²) in [6.45, 7) is 16.3.